The monoisotopic (exact) mass is 179 g/mol. The van der Waals surface area contributed by atoms with Crippen LogP contribution in [0.15, 0.2) is 24.3 Å². The van der Waals surface area contributed by atoms with Crippen molar-refractivity contribution in [2.24, 2.45) is 0 Å². The van der Waals surface area contributed by atoms with Gasteiger partial charge in [-0.1, -0.05) is 12.1 Å². The number of hydrogen-bond donors (Lipinski definition) is 2. The SMILES string of the molecule is COC1(c2ccc(O)cc2)CNC1. The maximum atomic E-state index is 9.13. The molecule has 1 aromatic carbocycles. The molecule has 0 amide bonds. The zero-order chi connectivity index (χ0) is 9.31. The number of phenols is 1. The molecule has 0 bridgehead atoms. The van der Waals surface area contributed by atoms with Gasteiger partial charge in [0.05, 0.1) is 0 Å². The minimum absolute atomic E-state index is 0.173. The van der Waals surface area contributed by atoms with Crippen LogP contribution in [0.2, 0.25) is 0 Å². The molecule has 1 heterocycles. The summed E-state index contributed by atoms with van der Waals surface area (Å²) >= 11 is 0. The predicted molar refractivity (Wildman–Crippen MR) is 49.7 cm³/mol. The molecule has 1 aromatic rings. The second kappa shape index (κ2) is 3.01. The number of methoxy groups -OCH3 is 1. The molecule has 1 aliphatic heterocycles. The van der Waals surface area contributed by atoms with Crippen molar-refractivity contribution in [1.82, 2.24) is 5.32 Å². The van der Waals surface area contributed by atoms with Crippen LogP contribution >= 0.6 is 0 Å². The lowest BCUT2D eigenvalue weighted by atomic mass is 9.88. The van der Waals surface area contributed by atoms with Gasteiger partial charge in [-0.15, -0.1) is 0 Å². The van der Waals surface area contributed by atoms with Gasteiger partial charge in [0, 0.05) is 20.2 Å². The Labute approximate surface area is 77.3 Å². The van der Waals surface area contributed by atoms with Crippen molar-refractivity contribution in [1.29, 1.82) is 0 Å². The average molecular weight is 179 g/mol. The molecule has 3 heteroatoms. The Hall–Kier alpha value is -1.06. The highest BCUT2D eigenvalue weighted by Gasteiger charge is 2.38. The van der Waals surface area contributed by atoms with E-state index in [9.17, 15) is 0 Å². The van der Waals surface area contributed by atoms with Crippen molar-refractivity contribution in [3.8, 4) is 5.75 Å². The molecule has 0 atom stereocenters. The quantitative estimate of drug-likeness (QED) is 0.706. The van der Waals surface area contributed by atoms with E-state index in [-0.39, 0.29) is 5.60 Å². The maximum Gasteiger partial charge on any atom is 0.117 e. The summed E-state index contributed by atoms with van der Waals surface area (Å²) in [6, 6.07) is 7.18. The third-order valence-electron chi connectivity index (χ3n) is 2.61. The predicted octanol–water partition coefficient (Wildman–Crippen LogP) is 0.837. The molecule has 1 aliphatic rings. The Kier molecular flexibility index (Phi) is 1.98. The van der Waals surface area contributed by atoms with Crippen molar-refractivity contribution < 1.29 is 9.84 Å². The minimum Gasteiger partial charge on any atom is -0.508 e. The Morgan fingerprint density at radius 3 is 2.31 bits per heavy atom. The van der Waals surface area contributed by atoms with E-state index in [0.717, 1.165) is 18.7 Å². The van der Waals surface area contributed by atoms with Crippen molar-refractivity contribution in [2.45, 2.75) is 5.60 Å². The van der Waals surface area contributed by atoms with Gasteiger partial charge in [0.1, 0.15) is 11.4 Å². The number of phenolic OH excluding ortho intramolecular Hbond substituents is 1. The molecule has 2 rings (SSSR count). The number of hydrogen-bond acceptors (Lipinski definition) is 3. The molecular formula is C10H13NO2. The van der Waals surface area contributed by atoms with Gasteiger partial charge in [-0.3, -0.25) is 0 Å². The third kappa shape index (κ3) is 1.30. The van der Waals surface area contributed by atoms with Crippen LogP contribution in [0.1, 0.15) is 5.56 Å². The lowest BCUT2D eigenvalue weighted by molar-refractivity contribution is -0.0565. The summed E-state index contributed by atoms with van der Waals surface area (Å²) in [7, 11) is 1.72. The topological polar surface area (TPSA) is 41.5 Å². The molecule has 13 heavy (non-hydrogen) atoms. The molecule has 0 spiro atoms. The van der Waals surface area contributed by atoms with E-state index in [2.05, 4.69) is 5.32 Å². The number of aromatic hydroxyl groups is 1. The molecule has 0 aromatic heterocycles. The van der Waals surface area contributed by atoms with Gasteiger partial charge in [-0.05, 0) is 17.7 Å². The summed E-state index contributed by atoms with van der Waals surface area (Å²) < 4.78 is 5.46. The fraction of sp³-hybridized carbons (Fsp3) is 0.400. The molecule has 70 valence electrons. The van der Waals surface area contributed by atoms with Crippen molar-refractivity contribution in [3.63, 3.8) is 0 Å². The first-order valence-corrected chi connectivity index (χ1v) is 4.32. The zero-order valence-corrected chi connectivity index (χ0v) is 7.58. The van der Waals surface area contributed by atoms with Gasteiger partial charge < -0.3 is 15.2 Å². The highest BCUT2D eigenvalue weighted by atomic mass is 16.5. The van der Waals surface area contributed by atoms with Crippen LogP contribution in [-0.2, 0) is 10.3 Å². The molecule has 0 radical (unpaired) electrons. The van der Waals surface area contributed by atoms with Crippen molar-refractivity contribution in [2.75, 3.05) is 20.2 Å². The molecule has 1 fully saturated rings. The fourth-order valence-electron chi connectivity index (χ4n) is 1.58. The molecule has 2 N–H and O–H groups in total. The molecule has 3 nitrogen and oxygen atoms in total. The summed E-state index contributed by atoms with van der Waals surface area (Å²) in [5.74, 6) is 0.294. The van der Waals surface area contributed by atoms with Crippen LogP contribution in [0.25, 0.3) is 0 Å². The van der Waals surface area contributed by atoms with Gasteiger partial charge in [0.2, 0.25) is 0 Å². The largest absolute Gasteiger partial charge is 0.508 e. The van der Waals surface area contributed by atoms with Gasteiger partial charge in [0.15, 0.2) is 0 Å². The van der Waals surface area contributed by atoms with E-state index >= 15 is 0 Å². The molecule has 0 aliphatic carbocycles. The lowest BCUT2D eigenvalue weighted by Crippen LogP contribution is -2.57. The summed E-state index contributed by atoms with van der Waals surface area (Å²) in [5, 5.41) is 12.3. The summed E-state index contributed by atoms with van der Waals surface area (Å²) in [5.41, 5.74) is 0.944. The molecule has 0 saturated carbocycles. The van der Waals surface area contributed by atoms with E-state index in [1.807, 2.05) is 12.1 Å². The molecule has 0 unspecified atom stereocenters. The number of rotatable bonds is 2. The zero-order valence-electron chi connectivity index (χ0n) is 7.58. The van der Waals surface area contributed by atoms with Crippen LogP contribution in [0, 0.1) is 0 Å². The van der Waals surface area contributed by atoms with Crippen LogP contribution in [0.3, 0.4) is 0 Å². The van der Waals surface area contributed by atoms with E-state index in [1.54, 1.807) is 19.2 Å². The van der Waals surface area contributed by atoms with Crippen LogP contribution in [0.5, 0.6) is 5.75 Å². The van der Waals surface area contributed by atoms with E-state index in [0.29, 0.717) is 5.75 Å². The first-order chi connectivity index (χ1) is 6.27. The van der Waals surface area contributed by atoms with Gasteiger partial charge in [0.25, 0.3) is 0 Å². The number of benzene rings is 1. The van der Waals surface area contributed by atoms with Crippen molar-refractivity contribution >= 4 is 0 Å². The summed E-state index contributed by atoms with van der Waals surface area (Å²) in [4.78, 5) is 0. The second-order valence-electron chi connectivity index (χ2n) is 3.35. The van der Waals surface area contributed by atoms with Crippen LogP contribution < -0.4 is 5.32 Å². The Balaban J connectivity index is 2.28. The normalized spacial score (nSPS) is 19.5. The van der Waals surface area contributed by atoms with Gasteiger partial charge in [-0.2, -0.15) is 0 Å². The minimum atomic E-state index is -0.173. The Morgan fingerprint density at radius 2 is 1.92 bits per heavy atom. The molecule has 1 saturated heterocycles. The van der Waals surface area contributed by atoms with E-state index in [1.165, 1.54) is 0 Å². The van der Waals surface area contributed by atoms with Crippen LogP contribution in [0.4, 0.5) is 0 Å². The lowest BCUT2D eigenvalue weighted by Gasteiger charge is -2.41. The summed E-state index contributed by atoms with van der Waals surface area (Å²) in [6.45, 7) is 1.68. The highest BCUT2D eigenvalue weighted by Crippen LogP contribution is 2.29. The van der Waals surface area contributed by atoms with Crippen molar-refractivity contribution in [3.05, 3.63) is 29.8 Å². The fourth-order valence-corrected chi connectivity index (χ4v) is 1.58. The molecular weight excluding hydrogens is 166 g/mol. The second-order valence-corrected chi connectivity index (χ2v) is 3.35. The Morgan fingerprint density at radius 1 is 1.31 bits per heavy atom. The number of nitrogens with one attached hydrogen (secondary N) is 1. The third-order valence-corrected chi connectivity index (χ3v) is 2.61. The van der Waals surface area contributed by atoms with E-state index < -0.39 is 0 Å². The van der Waals surface area contributed by atoms with Crippen LogP contribution in [-0.4, -0.2) is 25.3 Å². The highest BCUT2D eigenvalue weighted by molar-refractivity contribution is 5.32. The van der Waals surface area contributed by atoms with E-state index in [4.69, 9.17) is 9.84 Å². The van der Waals surface area contributed by atoms with Gasteiger partial charge >= 0.3 is 0 Å². The standard InChI is InChI=1S/C10H13NO2/c1-13-10(6-11-7-10)8-2-4-9(12)5-3-8/h2-5,11-12H,6-7H2,1H3. The average Bonchev–Trinajstić information content (AvgIpc) is 2.07. The smallest absolute Gasteiger partial charge is 0.117 e. The number of ether oxygens (including phenoxy) is 1. The first-order valence-electron chi connectivity index (χ1n) is 4.32. The Bertz CT molecular complexity index is 285. The first kappa shape index (κ1) is 8.53. The maximum absolute atomic E-state index is 9.13. The summed E-state index contributed by atoms with van der Waals surface area (Å²) in [6.07, 6.45) is 0. The van der Waals surface area contributed by atoms with Gasteiger partial charge in [-0.25, -0.2) is 0 Å².